The van der Waals surface area contributed by atoms with Gasteiger partial charge in [0.05, 0.1) is 5.69 Å². The standard InChI is InChI=1S/C21H21F2N5O4/c1-2-17-25-19(26-32-17)18-15-6-4-3-5-9-27(15)21(31)28(20(18)30)11-16(29)24-14-8-7-12(22)10-13(14)23/h7-8,10H,2-6,9,11H2,1H3,(H,24,29). The Morgan fingerprint density at radius 2 is 2.03 bits per heavy atom. The van der Waals surface area contributed by atoms with Crippen molar-refractivity contribution < 1.29 is 18.1 Å². The van der Waals surface area contributed by atoms with Crippen LogP contribution in [0.15, 0.2) is 32.3 Å². The predicted octanol–water partition coefficient (Wildman–Crippen LogP) is 2.27. The Labute approximate surface area is 180 Å². The molecule has 1 aliphatic heterocycles. The number of hydrogen-bond donors (Lipinski definition) is 1. The maximum Gasteiger partial charge on any atom is 0.331 e. The molecule has 0 fully saturated rings. The third-order valence-corrected chi connectivity index (χ3v) is 5.33. The lowest BCUT2D eigenvalue weighted by Gasteiger charge is -2.16. The summed E-state index contributed by atoms with van der Waals surface area (Å²) in [6, 6.07) is 2.67. The summed E-state index contributed by atoms with van der Waals surface area (Å²) in [6.07, 6.45) is 3.37. The second kappa shape index (κ2) is 8.85. The Morgan fingerprint density at radius 3 is 2.75 bits per heavy atom. The first-order chi connectivity index (χ1) is 15.4. The molecule has 32 heavy (non-hydrogen) atoms. The van der Waals surface area contributed by atoms with Crippen molar-refractivity contribution in [2.24, 2.45) is 0 Å². The molecule has 168 valence electrons. The molecule has 0 bridgehead atoms. The number of benzene rings is 1. The molecule has 1 aromatic carbocycles. The molecule has 0 aliphatic carbocycles. The van der Waals surface area contributed by atoms with Gasteiger partial charge in [0, 0.05) is 24.7 Å². The van der Waals surface area contributed by atoms with E-state index in [1.807, 2.05) is 6.92 Å². The van der Waals surface area contributed by atoms with Crippen molar-refractivity contribution in [2.45, 2.75) is 52.1 Å². The molecule has 9 nitrogen and oxygen atoms in total. The molecule has 11 heteroatoms. The van der Waals surface area contributed by atoms with Crippen molar-refractivity contribution in [3.63, 3.8) is 0 Å². The third-order valence-electron chi connectivity index (χ3n) is 5.33. The minimum absolute atomic E-state index is 0.0660. The zero-order chi connectivity index (χ0) is 22.8. The number of aromatic nitrogens is 4. The number of amides is 1. The fourth-order valence-corrected chi connectivity index (χ4v) is 3.76. The van der Waals surface area contributed by atoms with Crippen molar-refractivity contribution in [1.82, 2.24) is 19.3 Å². The zero-order valence-corrected chi connectivity index (χ0v) is 17.4. The van der Waals surface area contributed by atoms with Crippen molar-refractivity contribution in [3.05, 3.63) is 62.3 Å². The van der Waals surface area contributed by atoms with Gasteiger partial charge in [0.25, 0.3) is 5.56 Å². The molecule has 0 unspecified atom stereocenters. The summed E-state index contributed by atoms with van der Waals surface area (Å²) in [7, 11) is 0. The number of anilines is 1. The first kappa shape index (κ1) is 21.6. The molecule has 1 N–H and O–H groups in total. The SMILES string of the molecule is CCc1nc(-c2c3n(c(=O)n(CC(=O)Nc4ccc(F)cc4F)c2=O)CCCCC3)no1. The van der Waals surface area contributed by atoms with Gasteiger partial charge >= 0.3 is 5.69 Å². The molecule has 4 rings (SSSR count). The number of rotatable bonds is 5. The monoisotopic (exact) mass is 445 g/mol. The van der Waals surface area contributed by atoms with E-state index in [2.05, 4.69) is 15.5 Å². The summed E-state index contributed by atoms with van der Waals surface area (Å²) in [4.78, 5) is 43.2. The number of halogens is 2. The Balaban J connectivity index is 1.77. The van der Waals surface area contributed by atoms with Gasteiger partial charge in [-0.25, -0.2) is 13.6 Å². The summed E-state index contributed by atoms with van der Waals surface area (Å²) in [5, 5.41) is 6.16. The molecule has 0 saturated carbocycles. The number of fused-ring (bicyclic) bond motifs is 1. The van der Waals surface area contributed by atoms with E-state index in [9.17, 15) is 23.2 Å². The third kappa shape index (κ3) is 4.10. The number of carbonyl (C=O) groups is 1. The molecular weight excluding hydrogens is 424 g/mol. The first-order valence-corrected chi connectivity index (χ1v) is 10.3. The molecular formula is C21H21F2N5O4. The van der Waals surface area contributed by atoms with Gasteiger partial charge < -0.3 is 9.84 Å². The largest absolute Gasteiger partial charge is 0.339 e. The highest BCUT2D eigenvalue weighted by atomic mass is 19.1. The lowest BCUT2D eigenvalue weighted by Crippen LogP contribution is -2.44. The molecule has 1 aliphatic rings. The quantitative estimate of drug-likeness (QED) is 0.645. The average Bonchev–Trinajstić information content (AvgIpc) is 3.10. The van der Waals surface area contributed by atoms with Crippen molar-refractivity contribution in [2.75, 3.05) is 5.32 Å². The minimum Gasteiger partial charge on any atom is -0.339 e. The molecule has 0 atom stereocenters. The van der Waals surface area contributed by atoms with Crippen LogP contribution < -0.4 is 16.6 Å². The first-order valence-electron chi connectivity index (χ1n) is 10.3. The topological polar surface area (TPSA) is 112 Å². The fraction of sp³-hybridized carbons (Fsp3) is 0.381. The highest BCUT2D eigenvalue weighted by Gasteiger charge is 2.26. The van der Waals surface area contributed by atoms with Crippen LogP contribution in [0.2, 0.25) is 0 Å². The smallest absolute Gasteiger partial charge is 0.331 e. The second-order valence-corrected chi connectivity index (χ2v) is 7.50. The van der Waals surface area contributed by atoms with Crippen LogP contribution in [-0.2, 0) is 30.7 Å². The molecule has 2 aromatic heterocycles. The summed E-state index contributed by atoms with van der Waals surface area (Å²) in [6.45, 7) is 1.55. The van der Waals surface area contributed by atoms with Gasteiger partial charge in [0.1, 0.15) is 23.7 Å². The zero-order valence-electron chi connectivity index (χ0n) is 17.4. The number of nitrogens with one attached hydrogen (secondary N) is 1. The van der Waals surface area contributed by atoms with Gasteiger partial charge in [-0.1, -0.05) is 18.5 Å². The van der Waals surface area contributed by atoms with Crippen LogP contribution in [0.25, 0.3) is 11.4 Å². The summed E-state index contributed by atoms with van der Waals surface area (Å²) < 4.78 is 34.4. The second-order valence-electron chi connectivity index (χ2n) is 7.50. The maximum absolute atomic E-state index is 13.9. The normalized spacial score (nSPS) is 13.5. The van der Waals surface area contributed by atoms with Gasteiger partial charge in [0.15, 0.2) is 0 Å². The van der Waals surface area contributed by atoms with Crippen LogP contribution in [0.5, 0.6) is 0 Å². The Kier molecular flexibility index (Phi) is 5.97. The molecule has 0 saturated heterocycles. The van der Waals surface area contributed by atoms with Gasteiger partial charge in [-0.3, -0.25) is 18.7 Å². The van der Waals surface area contributed by atoms with Crippen LogP contribution >= 0.6 is 0 Å². The highest BCUT2D eigenvalue weighted by molar-refractivity contribution is 5.90. The van der Waals surface area contributed by atoms with E-state index in [0.717, 1.165) is 36.0 Å². The Morgan fingerprint density at radius 1 is 1.22 bits per heavy atom. The Bertz CT molecular complexity index is 1290. The van der Waals surface area contributed by atoms with Gasteiger partial charge in [-0.2, -0.15) is 4.98 Å². The van der Waals surface area contributed by atoms with Crippen molar-refractivity contribution >= 4 is 11.6 Å². The van der Waals surface area contributed by atoms with E-state index < -0.39 is 35.3 Å². The number of carbonyl (C=O) groups excluding carboxylic acids is 1. The molecule has 0 radical (unpaired) electrons. The van der Waals surface area contributed by atoms with E-state index in [0.29, 0.717) is 37.0 Å². The van der Waals surface area contributed by atoms with E-state index >= 15 is 0 Å². The maximum atomic E-state index is 13.9. The van der Waals surface area contributed by atoms with Crippen LogP contribution in [0, 0.1) is 11.6 Å². The van der Waals surface area contributed by atoms with Gasteiger partial charge in [0.2, 0.25) is 17.6 Å². The Hall–Kier alpha value is -3.63. The summed E-state index contributed by atoms with van der Waals surface area (Å²) in [5.41, 5.74) is -0.978. The molecule has 0 spiro atoms. The lowest BCUT2D eigenvalue weighted by molar-refractivity contribution is -0.116. The molecule has 3 heterocycles. The van der Waals surface area contributed by atoms with Crippen molar-refractivity contribution in [3.8, 4) is 11.4 Å². The molecule has 3 aromatic rings. The highest BCUT2D eigenvalue weighted by Crippen LogP contribution is 2.22. The van der Waals surface area contributed by atoms with Crippen LogP contribution in [-0.4, -0.2) is 25.2 Å². The van der Waals surface area contributed by atoms with Crippen LogP contribution in [0.3, 0.4) is 0 Å². The lowest BCUT2D eigenvalue weighted by atomic mass is 10.1. The number of aryl methyl sites for hydroxylation is 1. The average molecular weight is 445 g/mol. The van der Waals surface area contributed by atoms with Crippen LogP contribution in [0.1, 0.15) is 37.8 Å². The van der Waals surface area contributed by atoms with E-state index in [-0.39, 0.29) is 17.1 Å². The van der Waals surface area contributed by atoms with Crippen molar-refractivity contribution in [1.29, 1.82) is 0 Å². The van der Waals surface area contributed by atoms with Gasteiger partial charge in [-0.15, -0.1) is 0 Å². The summed E-state index contributed by atoms with van der Waals surface area (Å²) in [5.74, 6) is -2.16. The van der Waals surface area contributed by atoms with Gasteiger partial charge in [-0.05, 0) is 31.4 Å². The van der Waals surface area contributed by atoms with E-state index in [4.69, 9.17) is 4.52 Å². The van der Waals surface area contributed by atoms with E-state index in [1.54, 1.807) is 0 Å². The molecule has 1 amide bonds. The predicted molar refractivity (Wildman–Crippen MR) is 110 cm³/mol. The van der Waals surface area contributed by atoms with Crippen LogP contribution in [0.4, 0.5) is 14.5 Å². The summed E-state index contributed by atoms with van der Waals surface area (Å²) >= 11 is 0. The minimum atomic E-state index is -0.969. The number of nitrogens with zero attached hydrogens (tertiary/aromatic N) is 4. The number of hydrogen-bond acceptors (Lipinski definition) is 6. The van der Waals surface area contributed by atoms with E-state index in [1.165, 1.54) is 4.57 Å². The fourth-order valence-electron chi connectivity index (χ4n) is 3.76.